The van der Waals surface area contributed by atoms with Crippen LogP contribution >= 0.6 is 0 Å². The number of anilines is 1. The zero-order valence-electron chi connectivity index (χ0n) is 10.8. The van der Waals surface area contributed by atoms with Crippen molar-refractivity contribution in [2.24, 2.45) is 5.41 Å². The average Bonchev–Trinajstić information content (AvgIpc) is 2.28. The van der Waals surface area contributed by atoms with Crippen LogP contribution in [0.5, 0.6) is 0 Å². The van der Waals surface area contributed by atoms with Gasteiger partial charge in [-0.3, -0.25) is 4.79 Å². The minimum absolute atomic E-state index is 0.426. The number of benzene rings is 1. The Morgan fingerprint density at radius 1 is 1.29 bits per heavy atom. The van der Waals surface area contributed by atoms with Crippen LogP contribution in [0.25, 0.3) is 0 Å². The van der Waals surface area contributed by atoms with Crippen molar-refractivity contribution in [1.82, 2.24) is 0 Å². The molecule has 0 radical (unpaired) electrons. The summed E-state index contributed by atoms with van der Waals surface area (Å²) in [5.41, 5.74) is 1.54. The van der Waals surface area contributed by atoms with Crippen LogP contribution < -0.4 is 5.32 Å². The van der Waals surface area contributed by atoms with E-state index in [-0.39, 0.29) is 0 Å². The topological polar surface area (TPSA) is 49.3 Å². The second kappa shape index (κ2) is 5.71. The second-order valence-electron chi connectivity index (χ2n) is 4.99. The molecule has 1 rings (SSSR count). The molecule has 0 fully saturated rings. The van der Waals surface area contributed by atoms with Crippen molar-refractivity contribution in [3.63, 3.8) is 0 Å². The number of carbonyl (C=O) groups is 1. The molecule has 3 heteroatoms. The highest BCUT2D eigenvalue weighted by Crippen LogP contribution is 2.17. The zero-order chi connectivity index (χ0) is 12.9. The first-order chi connectivity index (χ1) is 7.95. The van der Waals surface area contributed by atoms with Crippen molar-refractivity contribution >= 4 is 11.7 Å². The summed E-state index contributed by atoms with van der Waals surface area (Å²) in [4.78, 5) is 10.9. The first-order valence-corrected chi connectivity index (χ1v) is 6.02. The van der Waals surface area contributed by atoms with Gasteiger partial charge in [-0.15, -0.1) is 0 Å². The Labute approximate surface area is 103 Å². The summed E-state index contributed by atoms with van der Waals surface area (Å²) in [6.45, 7) is 6.01. The summed E-state index contributed by atoms with van der Waals surface area (Å²) in [7, 11) is 0. The van der Waals surface area contributed by atoms with Gasteiger partial charge in [-0.2, -0.15) is 0 Å². The number of aliphatic carboxylic acids is 1. The minimum Gasteiger partial charge on any atom is -0.481 e. The molecule has 0 atom stereocenters. The van der Waals surface area contributed by atoms with Gasteiger partial charge in [-0.1, -0.05) is 25.5 Å². The van der Waals surface area contributed by atoms with Crippen LogP contribution in [0.3, 0.4) is 0 Å². The van der Waals surface area contributed by atoms with Crippen LogP contribution in [0.1, 0.15) is 32.8 Å². The van der Waals surface area contributed by atoms with Crippen LogP contribution in [0.15, 0.2) is 24.3 Å². The summed E-state index contributed by atoms with van der Waals surface area (Å²) in [5.74, 6) is -0.785. The van der Waals surface area contributed by atoms with Crippen LogP contribution in [-0.2, 0) is 11.2 Å². The minimum atomic E-state index is -0.785. The maximum absolute atomic E-state index is 10.9. The van der Waals surface area contributed by atoms with Crippen LogP contribution in [0.2, 0.25) is 0 Å². The molecule has 0 aliphatic rings. The number of hydrogen-bond acceptors (Lipinski definition) is 2. The SMILES string of the molecule is CCCc1ccc(NCC(C)(C)C(=O)O)cc1. The van der Waals surface area contributed by atoms with E-state index in [9.17, 15) is 4.79 Å². The molecule has 2 N–H and O–H groups in total. The Balaban J connectivity index is 2.55. The average molecular weight is 235 g/mol. The van der Waals surface area contributed by atoms with E-state index in [4.69, 9.17) is 5.11 Å². The summed E-state index contributed by atoms with van der Waals surface area (Å²) >= 11 is 0. The van der Waals surface area contributed by atoms with E-state index in [1.54, 1.807) is 13.8 Å². The molecular weight excluding hydrogens is 214 g/mol. The van der Waals surface area contributed by atoms with Crippen molar-refractivity contribution in [3.8, 4) is 0 Å². The number of rotatable bonds is 6. The largest absolute Gasteiger partial charge is 0.481 e. The third-order valence-corrected chi connectivity index (χ3v) is 2.81. The van der Waals surface area contributed by atoms with Gasteiger partial charge in [-0.25, -0.2) is 0 Å². The Morgan fingerprint density at radius 2 is 1.88 bits per heavy atom. The van der Waals surface area contributed by atoms with E-state index in [2.05, 4.69) is 24.4 Å². The van der Waals surface area contributed by atoms with Gasteiger partial charge in [0.1, 0.15) is 0 Å². The molecule has 3 nitrogen and oxygen atoms in total. The molecule has 0 unspecified atom stereocenters. The first kappa shape index (κ1) is 13.6. The van der Waals surface area contributed by atoms with Gasteiger partial charge in [0, 0.05) is 12.2 Å². The van der Waals surface area contributed by atoms with Gasteiger partial charge in [-0.05, 0) is 38.0 Å². The van der Waals surface area contributed by atoms with E-state index in [1.807, 2.05) is 12.1 Å². The third kappa shape index (κ3) is 4.10. The molecule has 0 spiro atoms. The number of hydrogen-bond donors (Lipinski definition) is 2. The predicted molar refractivity (Wildman–Crippen MR) is 70.3 cm³/mol. The fourth-order valence-electron chi connectivity index (χ4n) is 1.48. The predicted octanol–water partition coefficient (Wildman–Crippen LogP) is 3.16. The summed E-state index contributed by atoms with van der Waals surface area (Å²) < 4.78 is 0. The summed E-state index contributed by atoms with van der Waals surface area (Å²) in [5, 5.41) is 12.1. The van der Waals surface area contributed by atoms with Gasteiger partial charge in [0.25, 0.3) is 0 Å². The molecule has 94 valence electrons. The van der Waals surface area contributed by atoms with Crippen molar-refractivity contribution in [2.75, 3.05) is 11.9 Å². The van der Waals surface area contributed by atoms with Crippen molar-refractivity contribution in [3.05, 3.63) is 29.8 Å². The monoisotopic (exact) mass is 235 g/mol. The highest BCUT2D eigenvalue weighted by atomic mass is 16.4. The van der Waals surface area contributed by atoms with E-state index < -0.39 is 11.4 Å². The van der Waals surface area contributed by atoms with Gasteiger partial charge in [0.15, 0.2) is 0 Å². The van der Waals surface area contributed by atoms with Gasteiger partial charge in [0.2, 0.25) is 0 Å². The molecular formula is C14H21NO2. The lowest BCUT2D eigenvalue weighted by molar-refractivity contribution is -0.146. The smallest absolute Gasteiger partial charge is 0.310 e. The molecule has 0 aliphatic heterocycles. The molecule has 0 heterocycles. The van der Waals surface area contributed by atoms with Gasteiger partial charge in [0.05, 0.1) is 5.41 Å². The van der Waals surface area contributed by atoms with Gasteiger partial charge >= 0.3 is 5.97 Å². The number of carboxylic acid groups (broad SMARTS) is 1. The third-order valence-electron chi connectivity index (χ3n) is 2.81. The lowest BCUT2D eigenvalue weighted by Gasteiger charge is -2.20. The van der Waals surface area contributed by atoms with Gasteiger partial charge < -0.3 is 10.4 Å². The Kier molecular flexibility index (Phi) is 4.55. The number of nitrogens with one attached hydrogen (secondary N) is 1. The summed E-state index contributed by atoms with van der Waals surface area (Å²) in [6.07, 6.45) is 2.22. The quantitative estimate of drug-likeness (QED) is 0.796. The molecule has 1 aromatic carbocycles. The van der Waals surface area contributed by atoms with E-state index in [1.165, 1.54) is 5.56 Å². The first-order valence-electron chi connectivity index (χ1n) is 6.02. The standard InChI is InChI=1S/C14H21NO2/c1-4-5-11-6-8-12(9-7-11)15-10-14(2,3)13(16)17/h6-9,15H,4-5,10H2,1-3H3,(H,16,17). The van der Waals surface area contributed by atoms with E-state index in [0.717, 1.165) is 18.5 Å². The number of carboxylic acids is 1. The number of aryl methyl sites for hydroxylation is 1. The van der Waals surface area contributed by atoms with Crippen molar-refractivity contribution < 1.29 is 9.90 Å². The van der Waals surface area contributed by atoms with Crippen LogP contribution in [0, 0.1) is 5.41 Å². The maximum atomic E-state index is 10.9. The van der Waals surface area contributed by atoms with E-state index in [0.29, 0.717) is 6.54 Å². The summed E-state index contributed by atoms with van der Waals surface area (Å²) in [6, 6.07) is 8.17. The Morgan fingerprint density at radius 3 is 2.35 bits per heavy atom. The van der Waals surface area contributed by atoms with E-state index >= 15 is 0 Å². The molecule has 1 aromatic rings. The molecule has 0 amide bonds. The normalized spacial score (nSPS) is 11.2. The molecule has 0 saturated carbocycles. The lowest BCUT2D eigenvalue weighted by Crippen LogP contribution is -2.31. The Bertz CT molecular complexity index is 368. The second-order valence-corrected chi connectivity index (χ2v) is 4.99. The van der Waals surface area contributed by atoms with Crippen LogP contribution in [0.4, 0.5) is 5.69 Å². The maximum Gasteiger partial charge on any atom is 0.310 e. The highest BCUT2D eigenvalue weighted by Gasteiger charge is 2.26. The molecule has 0 bridgehead atoms. The van der Waals surface area contributed by atoms with Crippen molar-refractivity contribution in [1.29, 1.82) is 0 Å². The zero-order valence-corrected chi connectivity index (χ0v) is 10.8. The Hall–Kier alpha value is -1.51. The molecule has 0 aromatic heterocycles. The lowest BCUT2D eigenvalue weighted by atomic mass is 9.94. The molecule has 0 aliphatic carbocycles. The molecule has 17 heavy (non-hydrogen) atoms. The van der Waals surface area contributed by atoms with Crippen molar-refractivity contribution in [2.45, 2.75) is 33.6 Å². The fraction of sp³-hybridized carbons (Fsp3) is 0.500. The van der Waals surface area contributed by atoms with Crippen LogP contribution in [-0.4, -0.2) is 17.6 Å². The molecule has 0 saturated heterocycles. The highest BCUT2D eigenvalue weighted by molar-refractivity contribution is 5.74. The fourth-order valence-corrected chi connectivity index (χ4v) is 1.48.